The fourth-order valence-corrected chi connectivity index (χ4v) is 2.57. The zero-order valence-corrected chi connectivity index (χ0v) is 17.6. The van der Waals surface area contributed by atoms with E-state index in [1.807, 2.05) is 0 Å². The maximum absolute atomic E-state index is 13.3. The predicted octanol–water partition coefficient (Wildman–Crippen LogP) is 6.04. The fourth-order valence-electron chi connectivity index (χ4n) is 2.57. The molecule has 2 rings (SSSR count). The molecule has 2 aromatic carbocycles. The molecule has 0 unspecified atom stereocenters. The number of unbranched alkanes of at least 4 members (excludes halogenated alkanes) is 1. The van der Waals surface area contributed by atoms with Gasteiger partial charge >= 0.3 is 6.09 Å². The van der Waals surface area contributed by atoms with Crippen LogP contribution in [0.25, 0.3) is 11.1 Å². The quantitative estimate of drug-likeness (QED) is 0.519. The Balaban J connectivity index is 2.15. The van der Waals surface area contributed by atoms with Crippen molar-refractivity contribution in [2.24, 2.45) is 0 Å². The number of rotatable bonds is 9. The lowest BCUT2D eigenvalue weighted by Gasteiger charge is -2.20. The first-order valence-corrected chi connectivity index (χ1v) is 9.89. The number of ether oxygens (including phenoxy) is 3. The van der Waals surface area contributed by atoms with Gasteiger partial charge in [0.2, 0.25) is 0 Å². The monoisotopic (exact) mass is 403 g/mol. The Labute approximate surface area is 172 Å². The molecule has 1 amide bonds. The Bertz CT molecular complexity index is 784. The summed E-state index contributed by atoms with van der Waals surface area (Å²) in [4.78, 5) is 12.1. The lowest BCUT2D eigenvalue weighted by molar-refractivity contribution is 0.0636. The summed E-state index contributed by atoms with van der Waals surface area (Å²) in [6.07, 6.45) is 1.56. The number of benzene rings is 2. The summed E-state index contributed by atoms with van der Waals surface area (Å²) < 4.78 is 30.0. The highest BCUT2D eigenvalue weighted by molar-refractivity contribution is 5.87. The van der Waals surface area contributed by atoms with E-state index in [0.29, 0.717) is 31.3 Å². The molecule has 0 aromatic heterocycles. The first-order chi connectivity index (χ1) is 13.8. The van der Waals surface area contributed by atoms with Gasteiger partial charge in [0.1, 0.15) is 23.8 Å². The number of halogens is 1. The van der Waals surface area contributed by atoms with Crippen molar-refractivity contribution in [2.45, 2.75) is 46.1 Å². The minimum absolute atomic E-state index is 0.316. The number of carbonyl (C=O) groups excluding carboxylic acids is 1. The van der Waals surface area contributed by atoms with Crippen LogP contribution in [0.1, 0.15) is 40.5 Å². The maximum atomic E-state index is 13.3. The molecule has 2 aromatic rings. The summed E-state index contributed by atoms with van der Waals surface area (Å²) >= 11 is 0. The van der Waals surface area contributed by atoms with Crippen molar-refractivity contribution in [2.75, 3.05) is 25.1 Å². The van der Waals surface area contributed by atoms with Crippen LogP contribution in [0.3, 0.4) is 0 Å². The summed E-state index contributed by atoms with van der Waals surface area (Å²) in [6, 6.07) is 11.4. The molecule has 0 fully saturated rings. The lowest BCUT2D eigenvalue weighted by Crippen LogP contribution is -2.27. The maximum Gasteiger partial charge on any atom is 0.412 e. The Morgan fingerprint density at radius 2 is 1.76 bits per heavy atom. The Morgan fingerprint density at radius 1 is 1.03 bits per heavy atom. The second-order valence-corrected chi connectivity index (χ2v) is 7.66. The normalized spacial score (nSPS) is 11.2. The van der Waals surface area contributed by atoms with Crippen molar-refractivity contribution in [3.8, 4) is 16.9 Å². The fraction of sp³-hybridized carbons (Fsp3) is 0.435. The summed E-state index contributed by atoms with van der Waals surface area (Å²) in [5, 5.41) is 2.72. The first kappa shape index (κ1) is 22.7. The van der Waals surface area contributed by atoms with Crippen LogP contribution in [0, 0.1) is 5.82 Å². The molecule has 6 heteroatoms. The van der Waals surface area contributed by atoms with Gasteiger partial charge in [-0.15, -0.1) is 0 Å². The van der Waals surface area contributed by atoms with Gasteiger partial charge in [0.25, 0.3) is 0 Å². The van der Waals surface area contributed by atoms with Crippen LogP contribution < -0.4 is 10.1 Å². The SMILES string of the molecule is CCCCOCCOc1ccc(NC(=O)OC(C)(C)C)cc1-c1ccc(F)cc1. The largest absolute Gasteiger partial charge is 0.491 e. The molecular weight excluding hydrogens is 373 g/mol. The van der Waals surface area contributed by atoms with E-state index in [9.17, 15) is 9.18 Å². The Kier molecular flexibility index (Phi) is 8.46. The third-order valence-corrected chi connectivity index (χ3v) is 3.91. The van der Waals surface area contributed by atoms with Crippen molar-refractivity contribution in [1.82, 2.24) is 0 Å². The second-order valence-electron chi connectivity index (χ2n) is 7.66. The highest BCUT2D eigenvalue weighted by Crippen LogP contribution is 2.33. The van der Waals surface area contributed by atoms with Crippen LogP contribution in [0.15, 0.2) is 42.5 Å². The van der Waals surface area contributed by atoms with E-state index >= 15 is 0 Å². The van der Waals surface area contributed by atoms with E-state index in [-0.39, 0.29) is 5.82 Å². The smallest absolute Gasteiger partial charge is 0.412 e. The molecule has 0 radical (unpaired) electrons. The molecule has 0 saturated carbocycles. The van der Waals surface area contributed by atoms with Gasteiger partial charge in [-0.05, 0) is 63.1 Å². The van der Waals surface area contributed by atoms with Gasteiger partial charge in [-0.2, -0.15) is 0 Å². The van der Waals surface area contributed by atoms with E-state index in [1.165, 1.54) is 12.1 Å². The molecule has 29 heavy (non-hydrogen) atoms. The van der Waals surface area contributed by atoms with E-state index in [2.05, 4.69) is 12.2 Å². The molecule has 0 saturated heterocycles. The standard InChI is InChI=1S/C23H30FNO4/c1-5-6-13-27-14-15-28-21-12-11-19(25-22(26)29-23(2,3)4)16-20(21)17-7-9-18(24)10-8-17/h7-12,16H,5-6,13-15H2,1-4H3,(H,25,26). The van der Waals surface area contributed by atoms with E-state index in [1.54, 1.807) is 51.1 Å². The minimum atomic E-state index is -0.593. The molecule has 5 nitrogen and oxygen atoms in total. The van der Waals surface area contributed by atoms with Crippen LogP contribution in [-0.2, 0) is 9.47 Å². The van der Waals surface area contributed by atoms with Crippen molar-refractivity contribution < 1.29 is 23.4 Å². The van der Waals surface area contributed by atoms with Gasteiger partial charge in [-0.3, -0.25) is 5.32 Å². The van der Waals surface area contributed by atoms with E-state index < -0.39 is 11.7 Å². The van der Waals surface area contributed by atoms with Gasteiger partial charge in [-0.25, -0.2) is 9.18 Å². The molecule has 0 bridgehead atoms. The number of amides is 1. The topological polar surface area (TPSA) is 56.8 Å². The molecular formula is C23H30FNO4. The first-order valence-electron chi connectivity index (χ1n) is 9.89. The number of hydrogen-bond acceptors (Lipinski definition) is 4. The molecule has 0 heterocycles. The third kappa shape index (κ3) is 8.11. The summed E-state index contributed by atoms with van der Waals surface area (Å²) in [5.41, 5.74) is 1.49. The van der Waals surface area contributed by atoms with Crippen molar-refractivity contribution in [3.63, 3.8) is 0 Å². The molecule has 158 valence electrons. The average Bonchev–Trinajstić information content (AvgIpc) is 2.64. The van der Waals surface area contributed by atoms with Crippen molar-refractivity contribution in [3.05, 3.63) is 48.3 Å². The summed E-state index contributed by atoms with van der Waals surface area (Å²) in [6.45, 7) is 9.12. The van der Waals surface area contributed by atoms with Crippen molar-refractivity contribution in [1.29, 1.82) is 0 Å². The number of anilines is 1. The Morgan fingerprint density at radius 3 is 2.41 bits per heavy atom. The average molecular weight is 403 g/mol. The van der Waals surface area contributed by atoms with Crippen LogP contribution in [0.5, 0.6) is 5.75 Å². The molecule has 0 aliphatic carbocycles. The van der Waals surface area contributed by atoms with E-state index in [4.69, 9.17) is 14.2 Å². The lowest BCUT2D eigenvalue weighted by atomic mass is 10.0. The van der Waals surface area contributed by atoms with Gasteiger partial charge in [0.05, 0.1) is 6.61 Å². The highest BCUT2D eigenvalue weighted by atomic mass is 19.1. The predicted molar refractivity (Wildman–Crippen MR) is 113 cm³/mol. The second kappa shape index (κ2) is 10.8. The molecule has 0 aliphatic rings. The summed E-state index contributed by atoms with van der Waals surface area (Å²) in [7, 11) is 0. The van der Waals surface area contributed by atoms with Gasteiger partial charge < -0.3 is 14.2 Å². The van der Waals surface area contributed by atoms with Crippen LogP contribution in [0.2, 0.25) is 0 Å². The zero-order chi connectivity index (χ0) is 21.3. The molecule has 0 atom stereocenters. The van der Waals surface area contributed by atoms with Crippen LogP contribution in [-0.4, -0.2) is 31.5 Å². The van der Waals surface area contributed by atoms with Gasteiger partial charge in [-0.1, -0.05) is 25.5 Å². The van der Waals surface area contributed by atoms with Crippen LogP contribution in [0.4, 0.5) is 14.9 Å². The molecule has 0 spiro atoms. The molecule has 1 N–H and O–H groups in total. The zero-order valence-electron chi connectivity index (χ0n) is 17.6. The number of carbonyl (C=O) groups is 1. The number of nitrogens with one attached hydrogen (secondary N) is 1. The summed E-state index contributed by atoms with van der Waals surface area (Å²) in [5.74, 6) is 0.314. The van der Waals surface area contributed by atoms with E-state index in [0.717, 1.165) is 24.0 Å². The number of hydrogen-bond donors (Lipinski definition) is 1. The Hall–Kier alpha value is -2.60. The minimum Gasteiger partial charge on any atom is -0.491 e. The molecule has 0 aliphatic heterocycles. The van der Waals surface area contributed by atoms with Crippen LogP contribution >= 0.6 is 0 Å². The van der Waals surface area contributed by atoms with Gasteiger partial charge in [0, 0.05) is 17.9 Å². The third-order valence-electron chi connectivity index (χ3n) is 3.91. The van der Waals surface area contributed by atoms with Crippen molar-refractivity contribution >= 4 is 11.8 Å². The highest BCUT2D eigenvalue weighted by Gasteiger charge is 2.17. The van der Waals surface area contributed by atoms with Gasteiger partial charge in [0.15, 0.2) is 0 Å².